The number of rotatable bonds is 3. The zero-order chi connectivity index (χ0) is 15.5. The molecule has 0 aromatic rings. The van der Waals surface area contributed by atoms with Gasteiger partial charge in [0.2, 0.25) is 0 Å². The van der Waals surface area contributed by atoms with E-state index in [0.29, 0.717) is 11.8 Å². The van der Waals surface area contributed by atoms with Crippen molar-refractivity contribution in [1.82, 2.24) is 20.7 Å². The number of carbonyl (C=O) groups is 1. The standard InChI is InChI=1S/C16H29FN4O/c1-12-10-14(17)3-2-13(12)11-20-6-8-21(9-7-20)15-4-5-18-19-16(15)22/h12-15,18H,2-11H2,1H3,(H,19,22). The van der Waals surface area contributed by atoms with Crippen molar-refractivity contribution in [2.45, 2.75) is 44.8 Å². The zero-order valence-electron chi connectivity index (χ0n) is 13.6. The van der Waals surface area contributed by atoms with Gasteiger partial charge in [0.15, 0.2) is 0 Å². The maximum absolute atomic E-state index is 13.4. The van der Waals surface area contributed by atoms with Crippen molar-refractivity contribution in [2.75, 3.05) is 39.3 Å². The topological polar surface area (TPSA) is 47.6 Å². The molecule has 6 heteroatoms. The minimum Gasteiger partial charge on any atom is -0.301 e. The summed E-state index contributed by atoms with van der Waals surface area (Å²) in [6.45, 7) is 8.13. The number of piperazine rings is 1. The molecule has 3 aliphatic rings. The molecule has 22 heavy (non-hydrogen) atoms. The predicted molar refractivity (Wildman–Crippen MR) is 84.0 cm³/mol. The third-order valence-corrected chi connectivity index (χ3v) is 5.68. The Balaban J connectivity index is 1.44. The van der Waals surface area contributed by atoms with E-state index in [4.69, 9.17) is 0 Å². The summed E-state index contributed by atoms with van der Waals surface area (Å²) in [6.07, 6.45) is 2.81. The van der Waals surface area contributed by atoms with E-state index in [1.54, 1.807) is 0 Å². The number of hydrogen-bond donors (Lipinski definition) is 2. The SMILES string of the molecule is CC1CC(F)CCC1CN1CCN(C2CCNNC2=O)CC1. The number of nitrogens with one attached hydrogen (secondary N) is 2. The normalized spacial score (nSPS) is 38.7. The van der Waals surface area contributed by atoms with E-state index in [2.05, 4.69) is 27.6 Å². The average Bonchev–Trinajstić information content (AvgIpc) is 2.51. The molecular formula is C16H29FN4O. The quantitative estimate of drug-likeness (QED) is 0.808. The molecular weight excluding hydrogens is 283 g/mol. The highest BCUT2D eigenvalue weighted by Crippen LogP contribution is 2.32. The van der Waals surface area contributed by atoms with Gasteiger partial charge >= 0.3 is 0 Å². The van der Waals surface area contributed by atoms with Crippen molar-refractivity contribution in [2.24, 2.45) is 11.8 Å². The molecule has 1 saturated carbocycles. The second kappa shape index (κ2) is 7.23. The molecule has 5 nitrogen and oxygen atoms in total. The van der Waals surface area contributed by atoms with E-state index in [1.165, 1.54) is 0 Å². The van der Waals surface area contributed by atoms with Crippen LogP contribution in [0, 0.1) is 11.8 Å². The first-order chi connectivity index (χ1) is 10.6. The fourth-order valence-corrected chi connectivity index (χ4v) is 4.17. The lowest BCUT2D eigenvalue weighted by Crippen LogP contribution is -2.60. The molecule has 3 fully saturated rings. The van der Waals surface area contributed by atoms with Gasteiger partial charge in [-0.05, 0) is 37.5 Å². The lowest BCUT2D eigenvalue weighted by molar-refractivity contribution is -0.130. The van der Waals surface area contributed by atoms with Gasteiger partial charge in [-0.25, -0.2) is 9.82 Å². The van der Waals surface area contributed by atoms with E-state index < -0.39 is 6.17 Å². The number of alkyl halides is 1. The minimum absolute atomic E-state index is 0.0318. The first kappa shape index (κ1) is 16.1. The molecule has 1 aliphatic carbocycles. The second-order valence-electron chi connectivity index (χ2n) is 7.20. The van der Waals surface area contributed by atoms with Crippen molar-refractivity contribution < 1.29 is 9.18 Å². The van der Waals surface area contributed by atoms with Crippen LogP contribution in [0.15, 0.2) is 0 Å². The molecule has 4 atom stereocenters. The summed E-state index contributed by atoms with van der Waals surface area (Å²) in [5.74, 6) is 1.24. The van der Waals surface area contributed by atoms with Crippen LogP contribution in [-0.2, 0) is 4.79 Å². The molecule has 126 valence electrons. The number of hydrazine groups is 1. The first-order valence-electron chi connectivity index (χ1n) is 8.76. The maximum Gasteiger partial charge on any atom is 0.251 e. The van der Waals surface area contributed by atoms with Gasteiger partial charge in [-0.3, -0.25) is 15.1 Å². The average molecular weight is 312 g/mol. The third-order valence-electron chi connectivity index (χ3n) is 5.68. The van der Waals surface area contributed by atoms with Crippen molar-refractivity contribution >= 4 is 5.91 Å². The summed E-state index contributed by atoms with van der Waals surface area (Å²) in [7, 11) is 0. The van der Waals surface area contributed by atoms with E-state index >= 15 is 0 Å². The van der Waals surface area contributed by atoms with E-state index in [9.17, 15) is 9.18 Å². The van der Waals surface area contributed by atoms with Gasteiger partial charge in [0.1, 0.15) is 6.17 Å². The molecule has 2 aliphatic heterocycles. The van der Waals surface area contributed by atoms with Gasteiger partial charge in [-0.15, -0.1) is 0 Å². The van der Waals surface area contributed by atoms with Crippen molar-refractivity contribution in [3.63, 3.8) is 0 Å². The van der Waals surface area contributed by atoms with Crippen LogP contribution in [0.4, 0.5) is 4.39 Å². The van der Waals surface area contributed by atoms with Gasteiger partial charge in [0.25, 0.3) is 5.91 Å². The Labute approximate surface area is 132 Å². The largest absolute Gasteiger partial charge is 0.301 e. The molecule has 2 heterocycles. The smallest absolute Gasteiger partial charge is 0.251 e. The number of carbonyl (C=O) groups excluding carboxylic acids is 1. The summed E-state index contributed by atoms with van der Waals surface area (Å²) < 4.78 is 13.4. The number of halogens is 1. The van der Waals surface area contributed by atoms with Crippen LogP contribution in [0.5, 0.6) is 0 Å². The van der Waals surface area contributed by atoms with Crippen LogP contribution in [-0.4, -0.2) is 67.2 Å². The first-order valence-corrected chi connectivity index (χ1v) is 8.76. The molecule has 0 aromatic heterocycles. The summed E-state index contributed by atoms with van der Waals surface area (Å²) in [5, 5.41) is 0. The highest BCUT2D eigenvalue weighted by Gasteiger charge is 2.33. The summed E-state index contributed by atoms with van der Waals surface area (Å²) in [4.78, 5) is 16.7. The van der Waals surface area contributed by atoms with Gasteiger partial charge in [0, 0.05) is 39.3 Å². The Morgan fingerprint density at radius 3 is 2.64 bits per heavy atom. The monoisotopic (exact) mass is 312 g/mol. The second-order valence-corrected chi connectivity index (χ2v) is 7.20. The lowest BCUT2D eigenvalue weighted by atomic mass is 9.79. The summed E-state index contributed by atoms with van der Waals surface area (Å²) in [5.41, 5.74) is 5.64. The predicted octanol–water partition coefficient (Wildman–Crippen LogP) is 0.771. The number of amides is 1. The van der Waals surface area contributed by atoms with Crippen molar-refractivity contribution in [1.29, 1.82) is 0 Å². The molecule has 0 bridgehead atoms. The van der Waals surface area contributed by atoms with Crippen LogP contribution < -0.4 is 10.9 Å². The third kappa shape index (κ3) is 3.78. The van der Waals surface area contributed by atoms with Gasteiger partial charge < -0.3 is 4.90 Å². The summed E-state index contributed by atoms with van der Waals surface area (Å²) >= 11 is 0. The van der Waals surface area contributed by atoms with E-state index in [-0.39, 0.29) is 11.9 Å². The molecule has 0 radical (unpaired) electrons. The maximum atomic E-state index is 13.4. The highest BCUT2D eigenvalue weighted by atomic mass is 19.1. The molecule has 4 unspecified atom stereocenters. The molecule has 3 rings (SSSR count). The Hall–Kier alpha value is -0.720. The van der Waals surface area contributed by atoms with Gasteiger partial charge in [-0.1, -0.05) is 6.92 Å². The van der Waals surface area contributed by atoms with E-state index in [0.717, 1.165) is 65.0 Å². The minimum atomic E-state index is -0.582. The number of nitrogens with zero attached hydrogens (tertiary/aromatic N) is 2. The number of hydrogen-bond acceptors (Lipinski definition) is 4. The fraction of sp³-hybridized carbons (Fsp3) is 0.938. The van der Waals surface area contributed by atoms with Gasteiger partial charge in [0.05, 0.1) is 6.04 Å². The Kier molecular flexibility index (Phi) is 5.31. The lowest BCUT2D eigenvalue weighted by Gasteiger charge is -2.42. The molecule has 0 spiro atoms. The van der Waals surface area contributed by atoms with E-state index in [1.807, 2.05) is 0 Å². The van der Waals surface area contributed by atoms with Gasteiger partial charge in [-0.2, -0.15) is 0 Å². The van der Waals surface area contributed by atoms with Crippen LogP contribution in [0.25, 0.3) is 0 Å². The Morgan fingerprint density at radius 2 is 1.95 bits per heavy atom. The van der Waals surface area contributed by atoms with Crippen LogP contribution >= 0.6 is 0 Å². The van der Waals surface area contributed by atoms with Crippen LogP contribution in [0.2, 0.25) is 0 Å². The van der Waals surface area contributed by atoms with Crippen molar-refractivity contribution in [3.8, 4) is 0 Å². The van der Waals surface area contributed by atoms with Crippen LogP contribution in [0.3, 0.4) is 0 Å². The molecule has 0 aromatic carbocycles. The molecule has 2 saturated heterocycles. The molecule has 1 amide bonds. The van der Waals surface area contributed by atoms with Crippen molar-refractivity contribution in [3.05, 3.63) is 0 Å². The summed E-state index contributed by atoms with van der Waals surface area (Å²) in [6, 6.07) is 0.0318. The highest BCUT2D eigenvalue weighted by molar-refractivity contribution is 5.81. The van der Waals surface area contributed by atoms with Crippen LogP contribution in [0.1, 0.15) is 32.6 Å². The Morgan fingerprint density at radius 1 is 1.18 bits per heavy atom. The fourth-order valence-electron chi connectivity index (χ4n) is 4.17. The Bertz CT molecular complexity index is 386. The molecule has 2 N–H and O–H groups in total. The zero-order valence-corrected chi connectivity index (χ0v) is 13.6.